The Hall–Kier alpha value is -1.02. The van der Waals surface area contributed by atoms with Gasteiger partial charge in [0.1, 0.15) is 0 Å². The molecule has 0 aromatic heterocycles. The van der Waals surface area contributed by atoms with Gasteiger partial charge in [-0.25, -0.2) is 0 Å². The Morgan fingerprint density at radius 1 is 1.46 bits per heavy atom. The van der Waals surface area contributed by atoms with E-state index in [2.05, 4.69) is 6.92 Å². The van der Waals surface area contributed by atoms with Crippen molar-refractivity contribution in [2.75, 3.05) is 0 Å². The topological polar surface area (TPSA) is 37.3 Å². The number of carboxylic acid groups (broad SMARTS) is 1. The third-order valence-corrected chi connectivity index (χ3v) is 1.71. The molecule has 1 aromatic carbocycles. The van der Waals surface area contributed by atoms with Crippen LogP contribution in [0.3, 0.4) is 0 Å². The predicted octanol–water partition coefficient (Wildman–Crippen LogP) is 2.99. The Kier molecular flexibility index (Phi) is 5.98. The van der Waals surface area contributed by atoms with E-state index >= 15 is 0 Å². The lowest BCUT2D eigenvalue weighted by Crippen LogP contribution is -1.78. The monoisotopic (exact) mass is 200 g/mol. The molecule has 0 heterocycles. The highest BCUT2D eigenvalue weighted by atomic mass is 35.5. The van der Waals surface area contributed by atoms with Gasteiger partial charge in [-0.2, -0.15) is 0 Å². The lowest BCUT2D eigenvalue weighted by molar-refractivity contribution is -0.134. The van der Waals surface area contributed by atoms with Gasteiger partial charge in [-0.15, -0.1) is 0 Å². The number of aliphatic carboxylic acids is 1. The average molecular weight is 201 g/mol. The standard InChI is InChI=1S/C8H9Cl.C2H4O2/c1-2-7-5-3-4-6-8(7)9;1-2(3)4/h3-6H,2H2,1H3;1H3,(H,3,4). The second-order valence-electron chi connectivity index (χ2n) is 2.46. The first-order valence-electron chi connectivity index (χ1n) is 4.00. The van der Waals surface area contributed by atoms with E-state index in [-0.39, 0.29) is 0 Å². The zero-order valence-electron chi connectivity index (χ0n) is 7.75. The molecule has 0 saturated carbocycles. The van der Waals surface area contributed by atoms with Crippen molar-refractivity contribution < 1.29 is 9.90 Å². The average Bonchev–Trinajstić information content (AvgIpc) is 2.04. The summed E-state index contributed by atoms with van der Waals surface area (Å²) in [6.45, 7) is 3.18. The fourth-order valence-electron chi connectivity index (χ4n) is 0.785. The molecule has 0 atom stereocenters. The molecule has 1 N–H and O–H groups in total. The molecule has 0 bridgehead atoms. The lowest BCUT2D eigenvalue weighted by atomic mass is 10.2. The second-order valence-corrected chi connectivity index (χ2v) is 2.87. The number of carbonyl (C=O) groups is 1. The van der Waals surface area contributed by atoms with Crippen LogP contribution in [0, 0.1) is 0 Å². The fourth-order valence-corrected chi connectivity index (χ4v) is 1.05. The SMILES string of the molecule is CC(=O)O.CCc1ccccc1Cl. The second kappa shape index (κ2) is 6.49. The minimum Gasteiger partial charge on any atom is -0.481 e. The van der Waals surface area contributed by atoms with Crippen LogP contribution >= 0.6 is 11.6 Å². The molecule has 0 radical (unpaired) electrons. The number of hydrogen-bond acceptors (Lipinski definition) is 1. The van der Waals surface area contributed by atoms with Crippen LogP contribution in [0.25, 0.3) is 0 Å². The predicted molar refractivity (Wildman–Crippen MR) is 54.1 cm³/mol. The highest BCUT2D eigenvalue weighted by molar-refractivity contribution is 6.31. The minimum absolute atomic E-state index is 0.833. The summed E-state index contributed by atoms with van der Waals surface area (Å²) in [5, 5.41) is 8.29. The molecule has 0 unspecified atom stereocenters. The van der Waals surface area contributed by atoms with Gasteiger partial charge in [-0.05, 0) is 18.1 Å². The van der Waals surface area contributed by atoms with Gasteiger partial charge in [0.2, 0.25) is 0 Å². The van der Waals surface area contributed by atoms with Crippen LogP contribution in [-0.4, -0.2) is 11.1 Å². The Balaban J connectivity index is 0.000000310. The van der Waals surface area contributed by atoms with Gasteiger partial charge >= 0.3 is 0 Å². The summed E-state index contributed by atoms with van der Waals surface area (Å²) in [5.74, 6) is -0.833. The van der Waals surface area contributed by atoms with Crippen molar-refractivity contribution in [1.82, 2.24) is 0 Å². The molecule has 0 aliphatic carbocycles. The zero-order chi connectivity index (χ0) is 10.3. The van der Waals surface area contributed by atoms with Gasteiger partial charge in [-0.3, -0.25) is 4.79 Å². The molecule has 13 heavy (non-hydrogen) atoms. The van der Waals surface area contributed by atoms with Crippen molar-refractivity contribution in [3.05, 3.63) is 34.9 Å². The van der Waals surface area contributed by atoms with Gasteiger partial charge < -0.3 is 5.11 Å². The summed E-state index contributed by atoms with van der Waals surface area (Å²) in [6.07, 6.45) is 1.01. The number of aryl methyl sites for hydroxylation is 1. The van der Waals surface area contributed by atoms with E-state index in [0.717, 1.165) is 18.4 Å². The van der Waals surface area contributed by atoms with E-state index in [1.165, 1.54) is 5.56 Å². The molecule has 0 saturated heterocycles. The van der Waals surface area contributed by atoms with Crippen molar-refractivity contribution in [1.29, 1.82) is 0 Å². The van der Waals surface area contributed by atoms with Crippen molar-refractivity contribution in [3.63, 3.8) is 0 Å². The lowest BCUT2D eigenvalue weighted by Gasteiger charge is -1.96. The molecule has 2 nitrogen and oxygen atoms in total. The van der Waals surface area contributed by atoms with Gasteiger partial charge in [0.05, 0.1) is 0 Å². The van der Waals surface area contributed by atoms with Crippen LogP contribution in [0.1, 0.15) is 19.4 Å². The highest BCUT2D eigenvalue weighted by Crippen LogP contribution is 2.14. The van der Waals surface area contributed by atoms with Crippen molar-refractivity contribution >= 4 is 17.6 Å². The summed E-state index contributed by atoms with van der Waals surface area (Å²) in [5.41, 5.74) is 1.22. The molecule has 0 aliphatic rings. The van der Waals surface area contributed by atoms with Gasteiger partial charge in [-0.1, -0.05) is 36.7 Å². The first-order valence-corrected chi connectivity index (χ1v) is 4.38. The molecule has 1 aromatic rings. The molecule has 3 heteroatoms. The normalized spacial score (nSPS) is 8.54. The van der Waals surface area contributed by atoms with Crippen LogP contribution in [-0.2, 0) is 11.2 Å². The number of hydrogen-bond donors (Lipinski definition) is 1. The van der Waals surface area contributed by atoms with Crippen molar-refractivity contribution in [2.45, 2.75) is 20.3 Å². The quantitative estimate of drug-likeness (QED) is 0.757. The van der Waals surface area contributed by atoms with Crippen LogP contribution in [0.2, 0.25) is 5.02 Å². The van der Waals surface area contributed by atoms with Crippen LogP contribution in [0.5, 0.6) is 0 Å². The third-order valence-electron chi connectivity index (χ3n) is 1.34. The number of benzene rings is 1. The van der Waals surface area contributed by atoms with Crippen molar-refractivity contribution in [2.24, 2.45) is 0 Å². The summed E-state index contributed by atoms with van der Waals surface area (Å²) < 4.78 is 0. The summed E-state index contributed by atoms with van der Waals surface area (Å²) in [6, 6.07) is 7.91. The van der Waals surface area contributed by atoms with Gasteiger partial charge in [0.25, 0.3) is 5.97 Å². The molecule has 0 spiro atoms. The summed E-state index contributed by atoms with van der Waals surface area (Å²) >= 11 is 5.82. The van der Waals surface area contributed by atoms with E-state index in [1.807, 2.05) is 24.3 Å². The van der Waals surface area contributed by atoms with Crippen molar-refractivity contribution in [3.8, 4) is 0 Å². The maximum atomic E-state index is 9.00. The first kappa shape index (κ1) is 12.0. The molecule has 72 valence electrons. The van der Waals surface area contributed by atoms with E-state index in [4.69, 9.17) is 21.5 Å². The smallest absolute Gasteiger partial charge is 0.300 e. The first-order chi connectivity index (χ1) is 6.07. The molecule has 0 aliphatic heterocycles. The van der Waals surface area contributed by atoms with Crippen LogP contribution in [0.15, 0.2) is 24.3 Å². The number of halogens is 1. The molecule has 0 fully saturated rings. The van der Waals surface area contributed by atoms with Crippen LogP contribution in [0.4, 0.5) is 0 Å². The van der Waals surface area contributed by atoms with E-state index in [9.17, 15) is 0 Å². The van der Waals surface area contributed by atoms with E-state index in [1.54, 1.807) is 0 Å². The minimum atomic E-state index is -0.833. The molecular formula is C10H13ClO2. The highest BCUT2D eigenvalue weighted by Gasteiger charge is 1.91. The Morgan fingerprint density at radius 3 is 2.23 bits per heavy atom. The Labute approximate surface area is 83.2 Å². The molecule has 0 amide bonds. The third kappa shape index (κ3) is 6.17. The van der Waals surface area contributed by atoms with Gasteiger partial charge in [0, 0.05) is 11.9 Å². The maximum absolute atomic E-state index is 9.00. The van der Waals surface area contributed by atoms with Crippen LogP contribution < -0.4 is 0 Å². The summed E-state index contributed by atoms with van der Waals surface area (Å²) in [7, 11) is 0. The zero-order valence-corrected chi connectivity index (χ0v) is 8.51. The maximum Gasteiger partial charge on any atom is 0.300 e. The van der Waals surface area contributed by atoms with E-state index < -0.39 is 5.97 Å². The summed E-state index contributed by atoms with van der Waals surface area (Å²) in [4.78, 5) is 9.00. The molecular weight excluding hydrogens is 188 g/mol. The van der Waals surface area contributed by atoms with E-state index in [0.29, 0.717) is 0 Å². The van der Waals surface area contributed by atoms with Gasteiger partial charge in [0.15, 0.2) is 0 Å². The fraction of sp³-hybridized carbons (Fsp3) is 0.300. The Morgan fingerprint density at radius 2 is 1.92 bits per heavy atom. The molecule has 1 rings (SSSR count). The largest absolute Gasteiger partial charge is 0.481 e. The number of rotatable bonds is 1. The number of carboxylic acids is 1. The Bertz CT molecular complexity index is 267.